The smallest absolute Gasteiger partial charge is 0.0483 e. The van der Waals surface area contributed by atoms with Gasteiger partial charge in [0.05, 0.1) is 0 Å². The van der Waals surface area contributed by atoms with E-state index in [-0.39, 0.29) is 6.04 Å². The lowest BCUT2D eigenvalue weighted by Gasteiger charge is -2.18. The zero-order valence-corrected chi connectivity index (χ0v) is 13.5. The zero-order valence-electron chi connectivity index (χ0n) is 10.3. The van der Waals surface area contributed by atoms with Gasteiger partial charge in [-0.3, -0.25) is 0 Å². The minimum atomic E-state index is 0.243. The lowest BCUT2D eigenvalue weighted by molar-refractivity contribution is 0.595. The average Bonchev–Trinajstić information content (AvgIpc) is 2.76. The highest BCUT2D eigenvalue weighted by atomic mass is 79.9. The van der Waals surface area contributed by atoms with Crippen molar-refractivity contribution >= 4 is 38.9 Å². The first kappa shape index (κ1) is 14.1. The molecule has 1 aromatic heterocycles. The fourth-order valence-electron chi connectivity index (χ4n) is 1.96. The van der Waals surface area contributed by atoms with Crippen molar-refractivity contribution < 1.29 is 0 Å². The van der Waals surface area contributed by atoms with Crippen molar-refractivity contribution in [3.63, 3.8) is 0 Å². The highest BCUT2D eigenvalue weighted by Gasteiger charge is 2.16. The minimum Gasteiger partial charge on any atom is -0.313 e. The van der Waals surface area contributed by atoms with Crippen molar-refractivity contribution in [1.29, 1.82) is 0 Å². The van der Waals surface area contributed by atoms with Crippen molar-refractivity contribution in [3.05, 3.63) is 55.1 Å². The second kappa shape index (κ2) is 6.20. The summed E-state index contributed by atoms with van der Waals surface area (Å²) in [5.74, 6) is 0. The maximum atomic E-state index is 6.40. The molecule has 0 fully saturated rings. The number of nitrogens with one attached hydrogen (secondary N) is 1. The molecule has 0 aliphatic heterocycles. The van der Waals surface area contributed by atoms with E-state index in [1.165, 1.54) is 14.9 Å². The highest BCUT2D eigenvalue weighted by molar-refractivity contribution is 9.10. The van der Waals surface area contributed by atoms with Gasteiger partial charge in [-0.05, 0) is 52.5 Å². The van der Waals surface area contributed by atoms with E-state index in [1.807, 2.05) is 20.0 Å². The number of rotatable bonds is 4. The number of thiophene rings is 1. The van der Waals surface area contributed by atoms with Crippen LogP contribution in [0.1, 0.15) is 22.0 Å². The van der Waals surface area contributed by atoms with Crippen LogP contribution in [0.5, 0.6) is 0 Å². The normalized spacial score (nSPS) is 12.7. The number of halogens is 2. The molecule has 1 unspecified atom stereocenters. The molecular formula is C14H15BrClNS. The predicted molar refractivity (Wildman–Crippen MR) is 83.7 cm³/mol. The SMILES string of the molecule is CNC(Cc1sccc1Br)c1cccc(C)c1Cl. The third-order valence-corrected chi connectivity index (χ3v) is 5.49. The fourth-order valence-corrected chi connectivity index (χ4v) is 3.78. The third kappa shape index (κ3) is 2.97. The Morgan fingerprint density at radius 1 is 1.39 bits per heavy atom. The van der Waals surface area contributed by atoms with Crippen LogP contribution in [0.15, 0.2) is 34.1 Å². The van der Waals surface area contributed by atoms with E-state index in [1.54, 1.807) is 11.3 Å². The Balaban J connectivity index is 2.29. The molecule has 2 aromatic rings. The van der Waals surface area contributed by atoms with E-state index < -0.39 is 0 Å². The van der Waals surface area contributed by atoms with E-state index in [2.05, 4.69) is 44.8 Å². The Labute approximate surface area is 125 Å². The Hall–Kier alpha value is -0.350. The van der Waals surface area contributed by atoms with Crippen LogP contribution in [-0.4, -0.2) is 7.05 Å². The van der Waals surface area contributed by atoms with Crippen molar-refractivity contribution in [2.75, 3.05) is 7.05 Å². The molecular weight excluding hydrogens is 330 g/mol. The quantitative estimate of drug-likeness (QED) is 0.825. The average molecular weight is 345 g/mol. The molecule has 0 aliphatic carbocycles. The van der Waals surface area contributed by atoms with Crippen LogP contribution < -0.4 is 5.32 Å². The van der Waals surface area contributed by atoms with Gasteiger partial charge >= 0.3 is 0 Å². The predicted octanol–water partition coefficient (Wildman–Crippen LogP) is 4.98. The number of hydrogen-bond acceptors (Lipinski definition) is 2. The standard InChI is InChI=1S/C14H15BrClNS/c1-9-4-3-5-10(14(9)16)12(17-2)8-13-11(15)6-7-18-13/h3-7,12,17H,8H2,1-2H3. The van der Waals surface area contributed by atoms with Crippen LogP contribution in [0.4, 0.5) is 0 Å². The van der Waals surface area contributed by atoms with Gasteiger partial charge < -0.3 is 5.32 Å². The van der Waals surface area contributed by atoms with Crippen LogP contribution >= 0.6 is 38.9 Å². The topological polar surface area (TPSA) is 12.0 Å². The Kier molecular flexibility index (Phi) is 4.84. The molecule has 0 bridgehead atoms. The number of aryl methyl sites for hydroxylation is 1. The van der Waals surface area contributed by atoms with E-state index in [9.17, 15) is 0 Å². The van der Waals surface area contributed by atoms with E-state index in [0.717, 1.165) is 17.0 Å². The summed E-state index contributed by atoms with van der Waals surface area (Å²) in [5, 5.41) is 6.32. The van der Waals surface area contributed by atoms with Gasteiger partial charge in [0.1, 0.15) is 0 Å². The Morgan fingerprint density at radius 2 is 2.17 bits per heavy atom. The van der Waals surface area contributed by atoms with Crippen molar-refractivity contribution in [2.24, 2.45) is 0 Å². The summed E-state index contributed by atoms with van der Waals surface area (Å²) in [4.78, 5) is 1.34. The van der Waals surface area contributed by atoms with E-state index in [0.29, 0.717) is 0 Å². The first-order valence-corrected chi connectivity index (χ1v) is 7.82. The molecule has 96 valence electrons. The lowest BCUT2D eigenvalue weighted by atomic mass is 10.0. The Bertz CT molecular complexity index is 538. The van der Waals surface area contributed by atoms with Gasteiger partial charge in [-0.2, -0.15) is 0 Å². The first-order chi connectivity index (χ1) is 8.63. The molecule has 1 atom stereocenters. The van der Waals surface area contributed by atoms with Gasteiger partial charge in [-0.25, -0.2) is 0 Å². The largest absolute Gasteiger partial charge is 0.313 e. The van der Waals surface area contributed by atoms with Gasteiger partial charge in [0.15, 0.2) is 0 Å². The Morgan fingerprint density at radius 3 is 2.78 bits per heavy atom. The molecule has 1 nitrogen and oxygen atoms in total. The maximum Gasteiger partial charge on any atom is 0.0483 e. The molecule has 2 rings (SSSR count). The first-order valence-electron chi connectivity index (χ1n) is 5.77. The molecule has 1 N–H and O–H groups in total. The molecule has 1 heterocycles. The second-order valence-corrected chi connectivity index (χ2v) is 6.45. The van der Waals surface area contributed by atoms with Gasteiger partial charge in [0, 0.05) is 26.8 Å². The molecule has 0 aliphatic rings. The third-order valence-electron chi connectivity index (χ3n) is 3.03. The maximum absolute atomic E-state index is 6.40. The highest BCUT2D eigenvalue weighted by Crippen LogP contribution is 2.32. The number of hydrogen-bond donors (Lipinski definition) is 1. The lowest BCUT2D eigenvalue weighted by Crippen LogP contribution is -2.19. The molecule has 4 heteroatoms. The zero-order chi connectivity index (χ0) is 13.1. The molecule has 1 aromatic carbocycles. The molecule has 0 amide bonds. The molecule has 18 heavy (non-hydrogen) atoms. The van der Waals surface area contributed by atoms with Crippen LogP contribution in [0.2, 0.25) is 5.02 Å². The summed E-state index contributed by atoms with van der Waals surface area (Å²) in [6, 6.07) is 8.53. The molecule has 0 saturated carbocycles. The summed E-state index contributed by atoms with van der Waals surface area (Å²) in [5.41, 5.74) is 2.29. The van der Waals surface area contributed by atoms with Gasteiger partial charge in [-0.1, -0.05) is 29.8 Å². The summed E-state index contributed by atoms with van der Waals surface area (Å²) >= 11 is 11.7. The van der Waals surface area contributed by atoms with E-state index >= 15 is 0 Å². The monoisotopic (exact) mass is 343 g/mol. The molecule has 0 spiro atoms. The van der Waals surface area contributed by atoms with Crippen LogP contribution in [-0.2, 0) is 6.42 Å². The van der Waals surface area contributed by atoms with Gasteiger partial charge in [0.2, 0.25) is 0 Å². The van der Waals surface area contributed by atoms with Crippen LogP contribution in [0.25, 0.3) is 0 Å². The number of benzene rings is 1. The number of likely N-dealkylation sites (N-methyl/N-ethyl adjacent to an activating group) is 1. The van der Waals surface area contributed by atoms with Crippen LogP contribution in [0, 0.1) is 6.92 Å². The summed E-state index contributed by atoms with van der Waals surface area (Å²) < 4.78 is 1.18. The molecule has 0 radical (unpaired) electrons. The summed E-state index contributed by atoms with van der Waals surface area (Å²) in [6.45, 7) is 2.04. The second-order valence-electron chi connectivity index (χ2n) is 4.22. The van der Waals surface area contributed by atoms with Gasteiger partial charge in [-0.15, -0.1) is 11.3 Å². The van der Waals surface area contributed by atoms with Crippen molar-refractivity contribution in [3.8, 4) is 0 Å². The minimum absolute atomic E-state index is 0.243. The van der Waals surface area contributed by atoms with Crippen molar-refractivity contribution in [1.82, 2.24) is 5.32 Å². The summed E-state index contributed by atoms with van der Waals surface area (Å²) in [6.07, 6.45) is 0.942. The van der Waals surface area contributed by atoms with Crippen molar-refractivity contribution in [2.45, 2.75) is 19.4 Å². The van der Waals surface area contributed by atoms with Crippen LogP contribution in [0.3, 0.4) is 0 Å². The fraction of sp³-hybridized carbons (Fsp3) is 0.286. The molecule has 0 saturated heterocycles. The summed E-state index contributed by atoms with van der Waals surface area (Å²) in [7, 11) is 1.98. The van der Waals surface area contributed by atoms with E-state index in [4.69, 9.17) is 11.6 Å². The van der Waals surface area contributed by atoms with Gasteiger partial charge in [0.25, 0.3) is 0 Å².